The quantitative estimate of drug-likeness (QED) is 0.567. The first kappa shape index (κ1) is 18.2. The van der Waals surface area contributed by atoms with E-state index in [1.807, 2.05) is 60.7 Å². The molecule has 0 atom stereocenters. The van der Waals surface area contributed by atoms with Gasteiger partial charge in [-0.2, -0.15) is 4.98 Å². The van der Waals surface area contributed by atoms with Gasteiger partial charge in [-0.25, -0.2) is 8.42 Å². The summed E-state index contributed by atoms with van der Waals surface area (Å²) in [5, 5.41) is 0. The van der Waals surface area contributed by atoms with Crippen LogP contribution in [0, 0.1) is 0 Å². The van der Waals surface area contributed by atoms with E-state index in [-0.39, 0.29) is 29.9 Å². The SMILES string of the molecule is O=S(=O)(Cl)c1cc(OCc2ccccc2)nc(OCc2ccccc2)c1. The molecule has 0 aliphatic carbocycles. The molecule has 0 fully saturated rings. The molecule has 2 aromatic carbocycles. The number of pyridine rings is 1. The highest BCUT2D eigenvalue weighted by Crippen LogP contribution is 2.25. The Balaban J connectivity index is 1.79. The highest BCUT2D eigenvalue weighted by atomic mass is 35.7. The van der Waals surface area contributed by atoms with Crippen molar-refractivity contribution in [1.82, 2.24) is 4.98 Å². The molecule has 0 amide bonds. The maximum absolute atomic E-state index is 11.7. The predicted octanol–water partition coefficient (Wildman–Crippen LogP) is 4.17. The lowest BCUT2D eigenvalue weighted by Gasteiger charge is -2.10. The third-order valence-corrected chi connectivity index (χ3v) is 4.83. The molecule has 0 bridgehead atoms. The van der Waals surface area contributed by atoms with Crippen molar-refractivity contribution >= 4 is 19.7 Å². The first-order valence-electron chi connectivity index (χ1n) is 7.81. The van der Waals surface area contributed by atoms with Crippen LogP contribution in [0.25, 0.3) is 0 Å². The summed E-state index contributed by atoms with van der Waals surface area (Å²) in [6.45, 7) is 0.496. The van der Waals surface area contributed by atoms with Crippen LogP contribution in [0.3, 0.4) is 0 Å². The first-order chi connectivity index (χ1) is 12.5. The van der Waals surface area contributed by atoms with Crippen LogP contribution < -0.4 is 9.47 Å². The Labute approximate surface area is 156 Å². The van der Waals surface area contributed by atoms with Gasteiger partial charge in [0.1, 0.15) is 13.2 Å². The Kier molecular flexibility index (Phi) is 5.75. The summed E-state index contributed by atoms with van der Waals surface area (Å²) in [5.41, 5.74) is 1.86. The number of ether oxygens (including phenoxy) is 2. The first-order valence-corrected chi connectivity index (χ1v) is 10.1. The van der Waals surface area contributed by atoms with Crippen LogP contribution in [0.4, 0.5) is 0 Å². The smallest absolute Gasteiger partial charge is 0.261 e. The normalized spacial score (nSPS) is 11.1. The minimum absolute atomic E-state index is 0.124. The molecular weight excluding hydrogens is 374 g/mol. The molecule has 0 saturated heterocycles. The van der Waals surface area contributed by atoms with E-state index in [9.17, 15) is 8.42 Å². The van der Waals surface area contributed by atoms with E-state index in [4.69, 9.17) is 20.2 Å². The summed E-state index contributed by atoms with van der Waals surface area (Å²) in [7, 11) is 1.53. The van der Waals surface area contributed by atoms with Crippen LogP contribution in [0.2, 0.25) is 0 Å². The van der Waals surface area contributed by atoms with E-state index in [1.165, 1.54) is 12.1 Å². The van der Waals surface area contributed by atoms with E-state index < -0.39 is 9.05 Å². The van der Waals surface area contributed by atoms with E-state index >= 15 is 0 Å². The zero-order valence-electron chi connectivity index (χ0n) is 13.7. The topological polar surface area (TPSA) is 65.5 Å². The number of aromatic nitrogens is 1. The van der Waals surface area contributed by atoms with E-state index in [1.54, 1.807) is 0 Å². The molecule has 0 radical (unpaired) electrons. The minimum Gasteiger partial charge on any atom is -0.473 e. The van der Waals surface area contributed by atoms with Gasteiger partial charge in [0.25, 0.3) is 9.05 Å². The molecule has 134 valence electrons. The van der Waals surface area contributed by atoms with Gasteiger partial charge >= 0.3 is 0 Å². The lowest BCUT2D eigenvalue weighted by molar-refractivity contribution is 0.266. The molecule has 0 N–H and O–H groups in total. The van der Waals surface area contributed by atoms with Crippen molar-refractivity contribution in [1.29, 1.82) is 0 Å². The van der Waals surface area contributed by atoms with Crippen molar-refractivity contribution in [2.24, 2.45) is 0 Å². The lowest BCUT2D eigenvalue weighted by atomic mass is 10.2. The van der Waals surface area contributed by atoms with Gasteiger partial charge in [-0.1, -0.05) is 60.7 Å². The molecule has 0 saturated carbocycles. The number of nitrogens with zero attached hydrogens (tertiary/aromatic N) is 1. The molecule has 0 unspecified atom stereocenters. The second-order valence-corrected chi connectivity index (χ2v) is 8.03. The Morgan fingerprint density at radius 1 is 0.769 bits per heavy atom. The van der Waals surface area contributed by atoms with E-state index in [2.05, 4.69) is 4.98 Å². The monoisotopic (exact) mass is 389 g/mol. The zero-order chi connectivity index (χ0) is 18.4. The summed E-state index contributed by atoms with van der Waals surface area (Å²) >= 11 is 0. The number of hydrogen-bond acceptors (Lipinski definition) is 5. The molecule has 0 spiro atoms. The van der Waals surface area contributed by atoms with Crippen LogP contribution in [-0.2, 0) is 22.3 Å². The van der Waals surface area contributed by atoms with E-state index in [0.29, 0.717) is 0 Å². The van der Waals surface area contributed by atoms with Crippen molar-refractivity contribution in [3.63, 3.8) is 0 Å². The number of benzene rings is 2. The lowest BCUT2D eigenvalue weighted by Crippen LogP contribution is -2.03. The fourth-order valence-corrected chi connectivity index (χ4v) is 2.96. The van der Waals surface area contributed by atoms with Gasteiger partial charge in [-0.3, -0.25) is 0 Å². The number of rotatable bonds is 7. The number of hydrogen-bond donors (Lipinski definition) is 0. The Bertz CT molecular complexity index is 902. The third-order valence-electron chi connectivity index (χ3n) is 3.49. The molecule has 0 aliphatic rings. The second-order valence-electron chi connectivity index (χ2n) is 5.47. The predicted molar refractivity (Wildman–Crippen MR) is 98.8 cm³/mol. The van der Waals surface area contributed by atoms with Crippen LogP contribution in [0.15, 0.2) is 77.7 Å². The van der Waals surface area contributed by atoms with Crippen LogP contribution in [0.5, 0.6) is 11.8 Å². The summed E-state index contributed by atoms with van der Waals surface area (Å²) in [4.78, 5) is 4.08. The van der Waals surface area contributed by atoms with Gasteiger partial charge in [-0.05, 0) is 11.1 Å². The maximum Gasteiger partial charge on any atom is 0.261 e. The van der Waals surface area contributed by atoms with Crippen molar-refractivity contribution < 1.29 is 17.9 Å². The summed E-state index contributed by atoms with van der Waals surface area (Å²) in [6.07, 6.45) is 0. The van der Waals surface area contributed by atoms with Gasteiger partial charge in [-0.15, -0.1) is 0 Å². The van der Waals surface area contributed by atoms with Crippen molar-refractivity contribution in [2.45, 2.75) is 18.1 Å². The Hall–Kier alpha value is -2.57. The average Bonchev–Trinajstić information content (AvgIpc) is 2.66. The summed E-state index contributed by atoms with van der Waals surface area (Å²) in [6, 6.07) is 21.5. The van der Waals surface area contributed by atoms with Gasteiger partial charge in [0.05, 0.1) is 4.90 Å². The molecule has 1 aromatic heterocycles. The van der Waals surface area contributed by atoms with Crippen LogP contribution >= 0.6 is 10.7 Å². The molecule has 7 heteroatoms. The Morgan fingerprint density at radius 2 is 1.19 bits per heavy atom. The molecule has 1 heterocycles. The van der Waals surface area contributed by atoms with Crippen molar-refractivity contribution in [2.75, 3.05) is 0 Å². The summed E-state index contributed by atoms with van der Waals surface area (Å²) < 4.78 is 34.6. The number of halogens is 1. The van der Waals surface area contributed by atoms with Crippen molar-refractivity contribution in [3.05, 3.63) is 83.9 Å². The molecule has 0 aliphatic heterocycles. The molecule has 3 rings (SSSR count). The fourth-order valence-electron chi connectivity index (χ4n) is 2.21. The molecule has 26 heavy (non-hydrogen) atoms. The van der Waals surface area contributed by atoms with Gasteiger partial charge in [0.15, 0.2) is 0 Å². The van der Waals surface area contributed by atoms with Crippen molar-refractivity contribution in [3.8, 4) is 11.8 Å². The zero-order valence-corrected chi connectivity index (χ0v) is 15.3. The molecular formula is C19H16ClNO4S. The van der Waals surface area contributed by atoms with Gasteiger partial charge in [0.2, 0.25) is 11.8 Å². The maximum atomic E-state index is 11.7. The minimum atomic E-state index is -3.94. The standard InChI is InChI=1S/C19H16ClNO4S/c20-26(22,23)17-11-18(24-13-15-7-3-1-4-8-15)21-19(12-17)25-14-16-9-5-2-6-10-16/h1-12H,13-14H2. The molecule has 5 nitrogen and oxygen atoms in total. The molecule has 3 aromatic rings. The fraction of sp³-hybridized carbons (Fsp3) is 0.105. The van der Waals surface area contributed by atoms with Crippen LogP contribution in [0.1, 0.15) is 11.1 Å². The third kappa shape index (κ3) is 5.21. The summed E-state index contributed by atoms with van der Waals surface area (Å²) in [5.74, 6) is 0.247. The van der Waals surface area contributed by atoms with Crippen LogP contribution in [-0.4, -0.2) is 13.4 Å². The average molecular weight is 390 g/mol. The van der Waals surface area contributed by atoms with Gasteiger partial charge in [0, 0.05) is 22.8 Å². The highest BCUT2D eigenvalue weighted by molar-refractivity contribution is 8.13. The van der Waals surface area contributed by atoms with Gasteiger partial charge < -0.3 is 9.47 Å². The Morgan fingerprint density at radius 3 is 1.58 bits per heavy atom. The van der Waals surface area contributed by atoms with E-state index in [0.717, 1.165) is 11.1 Å². The highest BCUT2D eigenvalue weighted by Gasteiger charge is 2.15. The second kappa shape index (κ2) is 8.21. The largest absolute Gasteiger partial charge is 0.473 e.